The summed E-state index contributed by atoms with van der Waals surface area (Å²) in [6.07, 6.45) is 5.69. The smallest absolute Gasteiger partial charge is 0.344 e. The molecule has 346 valence electrons. The van der Waals surface area contributed by atoms with Crippen LogP contribution in [0, 0.1) is 29.1 Å². The molecule has 10 atom stereocenters. The zero-order valence-corrected chi connectivity index (χ0v) is 38.8. The highest BCUT2D eigenvalue weighted by Gasteiger charge is 2.81. The number of H-pyrrole nitrogens is 1. The summed E-state index contributed by atoms with van der Waals surface area (Å²) in [6, 6.07) is 8.00. The van der Waals surface area contributed by atoms with Crippen LogP contribution in [0.15, 0.2) is 42.5 Å². The first kappa shape index (κ1) is 45.0. The summed E-state index contributed by atoms with van der Waals surface area (Å²) in [6.45, 7) is 12.2. The zero-order chi connectivity index (χ0) is 46.4. The molecule has 2 saturated heterocycles. The number of hydrogen-bond donors (Lipinski definition) is 3. The lowest BCUT2D eigenvalue weighted by Gasteiger charge is -2.63. The van der Waals surface area contributed by atoms with Crippen LogP contribution in [0.4, 0.5) is 5.69 Å². The number of esters is 3. The molecule has 2 aromatic carbocycles. The van der Waals surface area contributed by atoms with Crippen molar-refractivity contribution in [2.75, 3.05) is 59.0 Å². The predicted molar refractivity (Wildman–Crippen MR) is 242 cm³/mol. The molecule has 1 unspecified atom stereocenters. The number of aliphatic hydroxyl groups is 2. The molecule has 1 spiro atoms. The van der Waals surface area contributed by atoms with Crippen LogP contribution in [0.5, 0.6) is 5.75 Å². The van der Waals surface area contributed by atoms with Crippen molar-refractivity contribution < 1.29 is 48.3 Å². The third-order valence-electron chi connectivity index (χ3n) is 16.1. The van der Waals surface area contributed by atoms with E-state index in [0.29, 0.717) is 99.5 Å². The van der Waals surface area contributed by atoms with Gasteiger partial charge in [-0.25, -0.2) is 4.79 Å². The van der Waals surface area contributed by atoms with Gasteiger partial charge in [0.1, 0.15) is 11.2 Å². The van der Waals surface area contributed by atoms with Crippen LogP contribution in [-0.2, 0) is 50.6 Å². The maximum Gasteiger partial charge on any atom is 0.344 e. The van der Waals surface area contributed by atoms with Crippen LogP contribution >= 0.6 is 0 Å². The van der Waals surface area contributed by atoms with Gasteiger partial charge in [-0.2, -0.15) is 0 Å². The molecule has 1 aromatic heterocycles. The molecule has 14 nitrogen and oxygen atoms in total. The molecule has 65 heavy (non-hydrogen) atoms. The van der Waals surface area contributed by atoms with E-state index in [1.807, 2.05) is 58.0 Å². The van der Waals surface area contributed by atoms with Crippen molar-refractivity contribution in [1.82, 2.24) is 14.8 Å². The van der Waals surface area contributed by atoms with E-state index in [0.717, 1.165) is 22.0 Å². The number of piperidine rings is 1. The van der Waals surface area contributed by atoms with Gasteiger partial charge < -0.3 is 39.0 Å². The van der Waals surface area contributed by atoms with E-state index in [9.17, 15) is 24.6 Å². The fourth-order valence-electron chi connectivity index (χ4n) is 13.7. The topological polar surface area (TPSA) is 171 Å². The second-order valence-electron chi connectivity index (χ2n) is 19.7. The standard InChI is InChI=1S/C51H62N4O10/c1-9-47(60)25-33-26-50(45(58)63-7,41-34(16-20-53(27-33)28-47)35-22-32(13-12-30(3)4)14-15-38(35)52-41)37-23-36-39(24-40(37)62-6)55(29-56)43-49(36)18-21-54-19-11-17-48(10-2,42(49)54)44(65-31(5)57)51(43,61)46(59)64-8/h11,14-15,17,22-24,29-30,33,42-44,52,60-61H,9-10,16,18-21,25-28H2,1-8H3/t33-,42+,43-,44-,47+,48-,49-,50+,51+/m1/s1. The molecule has 6 aliphatic rings. The molecular weight excluding hydrogens is 829 g/mol. The van der Waals surface area contributed by atoms with Crippen molar-refractivity contribution in [2.45, 2.75) is 113 Å². The van der Waals surface area contributed by atoms with E-state index in [2.05, 4.69) is 32.7 Å². The monoisotopic (exact) mass is 890 g/mol. The van der Waals surface area contributed by atoms with Crippen LogP contribution in [0.25, 0.3) is 10.9 Å². The van der Waals surface area contributed by atoms with Gasteiger partial charge in [-0.05, 0) is 86.4 Å². The highest BCUT2D eigenvalue weighted by atomic mass is 16.6. The van der Waals surface area contributed by atoms with Crippen molar-refractivity contribution in [3.05, 3.63) is 70.4 Å². The molecular formula is C51H62N4O10. The summed E-state index contributed by atoms with van der Waals surface area (Å²) < 4.78 is 23.9. The second-order valence-corrected chi connectivity index (χ2v) is 19.7. The van der Waals surface area contributed by atoms with Crippen LogP contribution in [-0.4, -0.2) is 133 Å². The zero-order valence-electron chi connectivity index (χ0n) is 38.8. The van der Waals surface area contributed by atoms with Gasteiger partial charge in [0, 0.05) is 89.7 Å². The minimum absolute atomic E-state index is 0.165. The number of aromatic amines is 1. The molecule has 5 aliphatic heterocycles. The Morgan fingerprint density at radius 2 is 1.75 bits per heavy atom. The SMILES string of the molecule is CC[C@]1(O)C[C@H]2CN(CCc3c([nH]c4ccc(C#CC(C)C)cc34)[C@@](C(=O)OC)(c3cc4c(cc3OC)N(C=O)[C@H]3[C@@](O)(C(=O)OC)[C@H](OC(C)=O)[C@]5(CC)C=CCN6CC[C@]43[C@@H]65)C2)C1. The van der Waals surface area contributed by atoms with Crippen molar-refractivity contribution in [3.8, 4) is 17.6 Å². The lowest BCUT2D eigenvalue weighted by Crippen LogP contribution is -2.81. The highest BCUT2D eigenvalue weighted by molar-refractivity contribution is 5.97. The summed E-state index contributed by atoms with van der Waals surface area (Å²) in [7, 11) is 4.09. The van der Waals surface area contributed by atoms with Crippen LogP contribution in [0.3, 0.4) is 0 Å². The Bertz CT molecular complexity index is 2560. The molecule has 3 fully saturated rings. The molecule has 9 rings (SSSR count). The Kier molecular flexibility index (Phi) is 11.1. The van der Waals surface area contributed by atoms with Crippen LogP contribution in [0.1, 0.15) is 94.7 Å². The van der Waals surface area contributed by atoms with Gasteiger partial charge in [-0.15, -0.1) is 0 Å². The van der Waals surface area contributed by atoms with Gasteiger partial charge in [0.2, 0.25) is 12.0 Å². The number of methoxy groups -OCH3 is 3. The van der Waals surface area contributed by atoms with E-state index in [1.54, 1.807) is 6.07 Å². The minimum Gasteiger partial charge on any atom is -0.496 e. The van der Waals surface area contributed by atoms with Crippen molar-refractivity contribution >= 4 is 40.9 Å². The molecule has 3 N–H and O–H groups in total. The summed E-state index contributed by atoms with van der Waals surface area (Å²) >= 11 is 0. The maximum atomic E-state index is 15.5. The quantitative estimate of drug-likeness (QED) is 0.0952. The number of carbonyl (C=O) groups is 4. The molecule has 2 bridgehead atoms. The third-order valence-corrected chi connectivity index (χ3v) is 16.1. The number of benzene rings is 2. The average molecular weight is 891 g/mol. The van der Waals surface area contributed by atoms with E-state index < -0.39 is 63.5 Å². The van der Waals surface area contributed by atoms with Gasteiger partial charge in [-0.1, -0.05) is 51.7 Å². The van der Waals surface area contributed by atoms with Crippen molar-refractivity contribution in [3.63, 3.8) is 0 Å². The summed E-state index contributed by atoms with van der Waals surface area (Å²) in [5, 5.41) is 26.4. The maximum absolute atomic E-state index is 15.5. The number of ether oxygens (including phenoxy) is 4. The normalized spacial score (nSPS) is 34.4. The van der Waals surface area contributed by atoms with Gasteiger partial charge in [0.15, 0.2) is 6.10 Å². The number of nitrogens with one attached hydrogen (secondary N) is 1. The lowest BCUT2D eigenvalue weighted by atomic mass is 9.47. The van der Waals surface area contributed by atoms with E-state index in [4.69, 9.17) is 18.9 Å². The number of amides is 1. The number of carbonyl (C=O) groups excluding carboxylic acids is 4. The van der Waals surface area contributed by atoms with Gasteiger partial charge in [0.25, 0.3) is 0 Å². The van der Waals surface area contributed by atoms with Crippen LogP contribution in [0.2, 0.25) is 0 Å². The average Bonchev–Trinajstić information content (AvgIpc) is 3.97. The first-order valence-corrected chi connectivity index (χ1v) is 23.1. The van der Waals surface area contributed by atoms with Crippen molar-refractivity contribution in [1.29, 1.82) is 0 Å². The molecule has 1 saturated carbocycles. The van der Waals surface area contributed by atoms with E-state index in [-0.39, 0.29) is 18.3 Å². The Balaban J connectivity index is 1.38. The van der Waals surface area contributed by atoms with Crippen LogP contribution < -0.4 is 9.64 Å². The molecule has 3 aromatic rings. The molecule has 14 heteroatoms. The van der Waals surface area contributed by atoms with Gasteiger partial charge in [-0.3, -0.25) is 24.2 Å². The van der Waals surface area contributed by atoms with Gasteiger partial charge >= 0.3 is 17.9 Å². The third kappa shape index (κ3) is 6.28. The predicted octanol–water partition coefficient (Wildman–Crippen LogP) is 4.53. The summed E-state index contributed by atoms with van der Waals surface area (Å²) in [4.78, 5) is 66.7. The number of aromatic nitrogens is 1. The van der Waals surface area contributed by atoms with E-state index >= 15 is 4.79 Å². The Labute approximate surface area is 380 Å². The van der Waals surface area contributed by atoms with Gasteiger partial charge in [0.05, 0.1) is 38.7 Å². The van der Waals surface area contributed by atoms with Crippen molar-refractivity contribution in [2.24, 2.45) is 17.3 Å². The summed E-state index contributed by atoms with van der Waals surface area (Å²) in [5.74, 6) is 4.65. The number of nitrogens with zero attached hydrogens (tertiary/aromatic N) is 3. The second kappa shape index (κ2) is 16.0. The lowest BCUT2D eigenvalue weighted by molar-refractivity contribution is -0.228. The molecule has 1 amide bonds. The number of anilines is 1. The highest BCUT2D eigenvalue weighted by Crippen LogP contribution is 2.68. The Morgan fingerprint density at radius 3 is 2.42 bits per heavy atom. The van der Waals surface area contributed by atoms with E-state index in [1.165, 1.54) is 33.2 Å². The Hall–Kier alpha value is -5.20. The largest absolute Gasteiger partial charge is 0.496 e. The number of hydrogen-bond acceptors (Lipinski definition) is 12. The minimum atomic E-state index is -2.55. The number of fused-ring (bicyclic) bond motifs is 6. The number of rotatable bonds is 8. The first-order chi connectivity index (χ1) is 31.0. The fourth-order valence-corrected chi connectivity index (χ4v) is 13.7. The molecule has 0 radical (unpaired) electrons. The first-order valence-electron chi connectivity index (χ1n) is 23.1. The Morgan fingerprint density at radius 1 is 0.985 bits per heavy atom. The molecule has 1 aliphatic carbocycles. The molecule has 6 heterocycles. The fraction of sp³-hybridized carbons (Fsp3) is 0.569. The summed E-state index contributed by atoms with van der Waals surface area (Å²) in [5.41, 5.74) is -2.59.